The van der Waals surface area contributed by atoms with Crippen molar-refractivity contribution in [2.24, 2.45) is 7.05 Å². The number of anilines is 2. The van der Waals surface area contributed by atoms with Gasteiger partial charge in [0.1, 0.15) is 6.33 Å². The normalized spacial score (nSPS) is 10.5. The van der Waals surface area contributed by atoms with Crippen molar-refractivity contribution < 1.29 is 9.59 Å². The van der Waals surface area contributed by atoms with Crippen LogP contribution in [0, 0.1) is 6.92 Å². The van der Waals surface area contributed by atoms with Crippen molar-refractivity contribution in [2.75, 3.05) is 22.1 Å². The zero-order valence-electron chi connectivity index (χ0n) is 15.7. The summed E-state index contributed by atoms with van der Waals surface area (Å²) in [4.78, 5) is 24.2. The highest BCUT2D eigenvalue weighted by Crippen LogP contribution is 2.20. The topological polar surface area (TPSA) is 88.9 Å². The molecule has 0 radical (unpaired) electrons. The molecule has 0 unspecified atom stereocenters. The highest BCUT2D eigenvalue weighted by molar-refractivity contribution is 8.00. The Hall–Kier alpha value is -3.13. The van der Waals surface area contributed by atoms with Crippen LogP contribution < -0.4 is 10.6 Å². The van der Waals surface area contributed by atoms with E-state index in [1.54, 1.807) is 6.33 Å². The van der Waals surface area contributed by atoms with Crippen LogP contribution in [0.3, 0.4) is 0 Å². The van der Waals surface area contributed by atoms with Crippen molar-refractivity contribution in [3.05, 3.63) is 60.4 Å². The molecule has 2 N–H and O–H groups in total. The Morgan fingerprint density at radius 3 is 2.25 bits per heavy atom. The molecule has 0 aliphatic carbocycles. The summed E-state index contributed by atoms with van der Waals surface area (Å²) in [6.07, 6.45) is 1.62. The Balaban J connectivity index is 1.47. The number of nitrogens with zero attached hydrogens (tertiary/aromatic N) is 3. The Morgan fingerprint density at radius 1 is 1.00 bits per heavy atom. The van der Waals surface area contributed by atoms with Crippen molar-refractivity contribution in [1.82, 2.24) is 14.8 Å². The van der Waals surface area contributed by atoms with Gasteiger partial charge in [0.25, 0.3) is 0 Å². The number of benzene rings is 2. The maximum Gasteiger partial charge on any atom is 0.234 e. The van der Waals surface area contributed by atoms with E-state index < -0.39 is 0 Å². The highest BCUT2D eigenvalue weighted by Gasteiger charge is 2.09. The zero-order chi connectivity index (χ0) is 19.9. The van der Waals surface area contributed by atoms with Gasteiger partial charge in [-0.2, -0.15) is 0 Å². The summed E-state index contributed by atoms with van der Waals surface area (Å²) >= 11 is 1.27. The molecule has 2 aromatic carbocycles. The SMILES string of the molecule is Cc1cccc(NC(=O)CSCC(=O)Nc2cccc(-c3nncn3C)c2)c1. The maximum absolute atomic E-state index is 12.2. The Kier molecular flexibility index (Phi) is 6.44. The number of carbonyl (C=O) groups excluding carboxylic acids is 2. The summed E-state index contributed by atoms with van der Waals surface area (Å²) in [7, 11) is 1.86. The van der Waals surface area contributed by atoms with Gasteiger partial charge in [0, 0.05) is 24.0 Å². The maximum atomic E-state index is 12.2. The molecule has 3 aromatic rings. The van der Waals surface area contributed by atoms with E-state index in [0.29, 0.717) is 5.69 Å². The number of carbonyl (C=O) groups is 2. The lowest BCUT2D eigenvalue weighted by Gasteiger charge is -2.08. The third-order valence-corrected chi connectivity index (χ3v) is 4.82. The van der Waals surface area contributed by atoms with Gasteiger partial charge in [0.15, 0.2) is 5.82 Å². The molecule has 0 fully saturated rings. The third-order valence-electron chi connectivity index (χ3n) is 3.88. The van der Waals surface area contributed by atoms with Crippen LogP contribution in [0.4, 0.5) is 11.4 Å². The number of nitrogens with one attached hydrogen (secondary N) is 2. The molecule has 2 amide bonds. The Morgan fingerprint density at radius 2 is 1.64 bits per heavy atom. The van der Waals surface area contributed by atoms with E-state index in [9.17, 15) is 9.59 Å². The number of hydrogen-bond acceptors (Lipinski definition) is 5. The van der Waals surface area contributed by atoms with Gasteiger partial charge in [-0.3, -0.25) is 9.59 Å². The monoisotopic (exact) mass is 395 g/mol. The first-order valence-corrected chi connectivity index (χ1v) is 9.85. The predicted octanol–water partition coefficient (Wildman–Crippen LogP) is 3.10. The average Bonchev–Trinajstić information content (AvgIpc) is 3.08. The van der Waals surface area contributed by atoms with Gasteiger partial charge in [0.05, 0.1) is 11.5 Å². The summed E-state index contributed by atoms with van der Waals surface area (Å²) in [5.74, 6) is 0.824. The minimum Gasteiger partial charge on any atom is -0.325 e. The predicted molar refractivity (Wildman–Crippen MR) is 112 cm³/mol. The lowest BCUT2D eigenvalue weighted by Crippen LogP contribution is -2.18. The molecule has 28 heavy (non-hydrogen) atoms. The number of hydrogen-bond donors (Lipinski definition) is 2. The summed E-state index contributed by atoms with van der Waals surface area (Å²) in [6, 6.07) is 15.0. The first-order chi connectivity index (χ1) is 13.5. The molecule has 0 aliphatic rings. The average molecular weight is 395 g/mol. The Bertz CT molecular complexity index is 986. The second-order valence-electron chi connectivity index (χ2n) is 6.30. The number of aryl methyl sites for hydroxylation is 2. The van der Waals surface area contributed by atoms with E-state index in [1.807, 2.05) is 67.1 Å². The van der Waals surface area contributed by atoms with Crippen molar-refractivity contribution in [1.29, 1.82) is 0 Å². The Labute approximate surface area is 167 Å². The van der Waals surface area contributed by atoms with Crippen LogP contribution in [0.1, 0.15) is 5.56 Å². The quantitative estimate of drug-likeness (QED) is 0.642. The smallest absolute Gasteiger partial charge is 0.234 e. The van der Waals surface area contributed by atoms with E-state index in [4.69, 9.17) is 0 Å². The molecule has 0 spiro atoms. The van der Waals surface area contributed by atoms with Gasteiger partial charge in [-0.1, -0.05) is 24.3 Å². The van der Waals surface area contributed by atoms with Crippen molar-refractivity contribution in [3.63, 3.8) is 0 Å². The third kappa shape index (κ3) is 5.43. The molecule has 8 heteroatoms. The van der Waals surface area contributed by atoms with Gasteiger partial charge < -0.3 is 15.2 Å². The van der Waals surface area contributed by atoms with Crippen LogP contribution in [-0.2, 0) is 16.6 Å². The first kappa shape index (κ1) is 19.6. The van der Waals surface area contributed by atoms with E-state index in [1.165, 1.54) is 11.8 Å². The van der Waals surface area contributed by atoms with Crippen molar-refractivity contribution in [2.45, 2.75) is 6.92 Å². The van der Waals surface area contributed by atoms with E-state index >= 15 is 0 Å². The summed E-state index contributed by atoms with van der Waals surface area (Å²) in [5.41, 5.74) is 3.38. The van der Waals surface area contributed by atoms with Crippen LogP contribution >= 0.6 is 11.8 Å². The largest absolute Gasteiger partial charge is 0.325 e. The first-order valence-electron chi connectivity index (χ1n) is 8.70. The number of thioether (sulfide) groups is 1. The summed E-state index contributed by atoms with van der Waals surface area (Å²) < 4.78 is 1.81. The van der Waals surface area contributed by atoms with Crippen LogP contribution in [0.5, 0.6) is 0 Å². The van der Waals surface area contributed by atoms with Crippen LogP contribution in [0.2, 0.25) is 0 Å². The molecule has 1 heterocycles. The van der Waals surface area contributed by atoms with Crippen molar-refractivity contribution >= 4 is 35.0 Å². The molecule has 0 aliphatic heterocycles. The molecule has 0 saturated heterocycles. The number of amides is 2. The van der Waals surface area contributed by atoms with Gasteiger partial charge in [-0.15, -0.1) is 22.0 Å². The molecule has 7 nitrogen and oxygen atoms in total. The van der Waals surface area contributed by atoms with E-state index in [2.05, 4.69) is 20.8 Å². The van der Waals surface area contributed by atoms with E-state index in [-0.39, 0.29) is 23.3 Å². The van der Waals surface area contributed by atoms with Gasteiger partial charge >= 0.3 is 0 Å². The lowest BCUT2D eigenvalue weighted by molar-refractivity contribution is -0.114. The van der Waals surface area contributed by atoms with Crippen LogP contribution in [0.15, 0.2) is 54.9 Å². The van der Waals surface area contributed by atoms with Crippen LogP contribution in [0.25, 0.3) is 11.4 Å². The molecular weight excluding hydrogens is 374 g/mol. The molecule has 1 aromatic heterocycles. The molecule has 0 bridgehead atoms. The fourth-order valence-electron chi connectivity index (χ4n) is 2.63. The molecule has 3 rings (SSSR count). The van der Waals surface area contributed by atoms with Crippen molar-refractivity contribution in [3.8, 4) is 11.4 Å². The van der Waals surface area contributed by atoms with Gasteiger partial charge in [0.2, 0.25) is 11.8 Å². The second-order valence-corrected chi connectivity index (χ2v) is 7.29. The molecular formula is C20H21N5O2S. The number of rotatable bonds is 7. The van der Waals surface area contributed by atoms with Gasteiger partial charge in [-0.05, 0) is 36.8 Å². The molecule has 0 saturated carbocycles. The lowest BCUT2D eigenvalue weighted by atomic mass is 10.2. The fourth-order valence-corrected chi connectivity index (χ4v) is 3.25. The number of aromatic nitrogens is 3. The van der Waals surface area contributed by atoms with E-state index in [0.717, 1.165) is 22.6 Å². The highest BCUT2D eigenvalue weighted by atomic mass is 32.2. The van der Waals surface area contributed by atoms with Gasteiger partial charge in [-0.25, -0.2) is 0 Å². The molecule has 0 atom stereocenters. The molecule has 144 valence electrons. The van der Waals surface area contributed by atoms with Crippen LogP contribution in [-0.4, -0.2) is 38.1 Å². The summed E-state index contributed by atoms with van der Waals surface area (Å²) in [5, 5.41) is 13.6. The zero-order valence-corrected chi connectivity index (χ0v) is 16.5. The minimum absolute atomic E-state index is 0.132. The standard InChI is InChI=1S/C20H21N5O2S/c1-14-5-3-7-16(9-14)22-18(26)11-28-12-19(27)23-17-8-4-6-15(10-17)20-24-21-13-25(20)2/h3-10,13H,11-12H2,1-2H3,(H,22,26)(H,23,27). The summed E-state index contributed by atoms with van der Waals surface area (Å²) in [6.45, 7) is 1.97. The second kappa shape index (κ2) is 9.18. The fraction of sp³-hybridized carbons (Fsp3) is 0.200. The minimum atomic E-state index is -0.163.